The Bertz CT molecular complexity index is 1130. The SMILES string of the molecule is CCOc1cc(N2CCOCC2)c(OCC)cc1NC(=O)c1sc2cc(F)ccc2c1Cl. The number of nitrogens with one attached hydrogen (secondary N) is 1. The van der Waals surface area contributed by atoms with Gasteiger partial charge in [-0.3, -0.25) is 4.79 Å². The zero-order valence-electron chi connectivity index (χ0n) is 17.9. The van der Waals surface area contributed by atoms with Gasteiger partial charge in [-0.15, -0.1) is 11.3 Å². The molecule has 32 heavy (non-hydrogen) atoms. The third-order valence-electron chi connectivity index (χ3n) is 5.06. The summed E-state index contributed by atoms with van der Waals surface area (Å²) in [7, 11) is 0. The average Bonchev–Trinajstić information content (AvgIpc) is 3.12. The molecule has 1 aliphatic heterocycles. The number of carbonyl (C=O) groups excluding carboxylic acids is 1. The first kappa shape index (κ1) is 22.6. The largest absolute Gasteiger partial charge is 0.492 e. The van der Waals surface area contributed by atoms with Crippen LogP contribution in [0.15, 0.2) is 30.3 Å². The van der Waals surface area contributed by atoms with E-state index in [-0.39, 0.29) is 11.7 Å². The molecule has 0 atom stereocenters. The van der Waals surface area contributed by atoms with E-state index in [0.29, 0.717) is 63.6 Å². The fourth-order valence-corrected chi connectivity index (χ4v) is 5.05. The minimum atomic E-state index is -0.390. The maximum absolute atomic E-state index is 13.6. The van der Waals surface area contributed by atoms with Gasteiger partial charge < -0.3 is 24.4 Å². The Labute approximate surface area is 194 Å². The lowest BCUT2D eigenvalue weighted by atomic mass is 10.2. The maximum Gasteiger partial charge on any atom is 0.267 e. The first-order chi connectivity index (χ1) is 15.5. The van der Waals surface area contributed by atoms with E-state index in [1.54, 1.807) is 12.1 Å². The molecule has 1 amide bonds. The van der Waals surface area contributed by atoms with Crippen molar-refractivity contribution in [2.24, 2.45) is 0 Å². The lowest BCUT2D eigenvalue weighted by Crippen LogP contribution is -2.36. The van der Waals surface area contributed by atoms with Crippen LogP contribution in [0.25, 0.3) is 10.1 Å². The van der Waals surface area contributed by atoms with Gasteiger partial charge in [-0.25, -0.2) is 4.39 Å². The van der Waals surface area contributed by atoms with E-state index < -0.39 is 0 Å². The summed E-state index contributed by atoms with van der Waals surface area (Å²) in [5.41, 5.74) is 1.38. The number of halogens is 2. The number of anilines is 2. The number of hydrogen-bond acceptors (Lipinski definition) is 6. The lowest BCUT2D eigenvalue weighted by molar-refractivity contribution is 0.103. The van der Waals surface area contributed by atoms with Crippen molar-refractivity contribution in [3.63, 3.8) is 0 Å². The summed E-state index contributed by atoms with van der Waals surface area (Å²) in [6.45, 7) is 7.46. The Morgan fingerprint density at radius 1 is 1.16 bits per heavy atom. The van der Waals surface area contributed by atoms with Gasteiger partial charge >= 0.3 is 0 Å². The summed E-state index contributed by atoms with van der Waals surface area (Å²) < 4.78 is 31.4. The molecule has 2 heterocycles. The van der Waals surface area contributed by atoms with Crippen LogP contribution in [-0.2, 0) is 4.74 Å². The van der Waals surface area contributed by atoms with Gasteiger partial charge in [0.2, 0.25) is 0 Å². The molecule has 1 N–H and O–H groups in total. The highest BCUT2D eigenvalue weighted by Crippen LogP contribution is 2.41. The standard InChI is InChI=1S/C23H24ClFN2O4S/c1-3-30-18-13-17(27-7-9-29-10-8-27)19(31-4-2)12-16(18)26-23(28)22-21(24)15-6-5-14(25)11-20(15)32-22/h5-6,11-13H,3-4,7-10H2,1-2H3,(H,26,28). The number of benzene rings is 2. The van der Waals surface area contributed by atoms with E-state index in [4.69, 9.17) is 25.8 Å². The number of carbonyl (C=O) groups is 1. The van der Waals surface area contributed by atoms with Crippen molar-refractivity contribution in [3.8, 4) is 11.5 Å². The van der Waals surface area contributed by atoms with Crippen LogP contribution < -0.4 is 19.7 Å². The molecule has 0 saturated carbocycles. The highest BCUT2D eigenvalue weighted by molar-refractivity contribution is 7.21. The molecular formula is C23H24ClFN2O4S. The fraction of sp³-hybridized carbons (Fsp3) is 0.348. The summed E-state index contributed by atoms with van der Waals surface area (Å²) >= 11 is 7.58. The molecule has 1 aliphatic rings. The second kappa shape index (κ2) is 9.94. The van der Waals surface area contributed by atoms with Crippen LogP contribution in [0.5, 0.6) is 11.5 Å². The van der Waals surface area contributed by atoms with Crippen molar-refractivity contribution in [3.05, 3.63) is 46.0 Å². The number of morpholine rings is 1. The van der Waals surface area contributed by atoms with Gasteiger partial charge in [0.25, 0.3) is 5.91 Å². The van der Waals surface area contributed by atoms with Crippen molar-refractivity contribution < 1.29 is 23.4 Å². The predicted octanol–water partition coefficient (Wildman–Crippen LogP) is 5.58. The molecule has 4 rings (SSSR count). The van der Waals surface area contributed by atoms with Crippen LogP contribution in [0.2, 0.25) is 5.02 Å². The smallest absolute Gasteiger partial charge is 0.267 e. The molecule has 1 saturated heterocycles. The third kappa shape index (κ3) is 4.62. The van der Waals surface area contributed by atoms with E-state index in [1.807, 2.05) is 19.9 Å². The van der Waals surface area contributed by atoms with Crippen LogP contribution >= 0.6 is 22.9 Å². The minimum absolute atomic E-state index is 0.301. The van der Waals surface area contributed by atoms with Gasteiger partial charge in [0.1, 0.15) is 22.2 Å². The molecule has 1 aromatic heterocycles. The summed E-state index contributed by atoms with van der Waals surface area (Å²) in [5, 5.41) is 3.85. The monoisotopic (exact) mass is 478 g/mol. The molecule has 2 aromatic carbocycles. The van der Waals surface area contributed by atoms with Gasteiger partial charge in [-0.1, -0.05) is 11.6 Å². The van der Waals surface area contributed by atoms with Crippen molar-refractivity contribution in [1.82, 2.24) is 0 Å². The normalized spacial score (nSPS) is 13.9. The van der Waals surface area contributed by atoms with Gasteiger partial charge in [-0.05, 0) is 32.0 Å². The quantitative estimate of drug-likeness (QED) is 0.480. The Balaban J connectivity index is 1.69. The zero-order chi connectivity index (χ0) is 22.7. The first-order valence-corrected chi connectivity index (χ1v) is 11.7. The van der Waals surface area contributed by atoms with E-state index >= 15 is 0 Å². The first-order valence-electron chi connectivity index (χ1n) is 10.5. The van der Waals surface area contributed by atoms with Crippen LogP contribution in [0, 0.1) is 5.82 Å². The molecule has 0 unspecified atom stereocenters. The van der Waals surface area contributed by atoms with Crippen LogP contribution in [0.3, 0.4) is 0 Å². The van der Waals surface area contributed by atoms with E-state index in [9.17, 15) is 9.18 Å². The molecule has 6 nitrogen and oxygen atoms in total. The van der Waals surface area contributed by atoms with Gasteiger partial charge in [0.15, 0.2) is 0 Å². The number of fused-ring (bicyclic) bond motifs is 1. The van der Waals surface area contributed by atoms with E-state index in [1.165, 1.54) is 12.1 Å². The van der Waals surface area contributed by atoms with Gasteiger partial charge in [0, 0.05) is 35.3 Å². The molecule has 3 aromatic rings. The zero-order valence-corrected chi connectivity index (χ0v) is 19.4. The van der Waals surface area contributed by atoms with Gasteiger partial charge in [-0.2, -0.15) is 0 Å². The molecule has 9 heteroatoms. The topological polar surface area (TPSA) is 60.0 Å². The van der Waals surface area contributed by atoms with Crippen molar-refractivity contribution in [2.75, 3.05) is 49.7 Å². The molecule has 0 aliphatic carbocycles. The molecule has 170 valence electrons. The van der Waals surface area contributed by atoms with Gasteiger partial charge in [0.05, 0.1) is 42.8 Å². The summed E-state index contributed by atoms with van der Waals surface area (Å²) in [6.07, 6.45) is 0. The fourth-order valence-electron chi connectivity index (χ4n) is 3.61. The van der Waals surface area contributed by atoms with Crippen molar-refractivity contribution in [2.45, 2.75) is 13.8 Å². The molecule has 0 bridgehead atoms. The third-order valence-corrected chi connectivity index (χ3v) is 6.71. The Morgan fingerprint density at radius 3 is 2.59 bits per heavy atom. The molecule has 0 spiro atoms. The minimum Gasteiger partial charge on any atom is -0.492 e. The molecular weight excluding hydrogens is 455 g/mol. The average molecular weight is 479 g/mol. The van der Waals surface area contributed by atoms with E-state index in [0.717, 1.165) is 30.1 Å². The molecule has 1 fully saturated rings. The highest BCUT2D eigenvalue weighted by Gasteiger charge is 2.23. The summed E-state index contributed by atoms with van der Waals surface area (Å²) in [4.78, 5) is 15.6. The second-order valence-corrected chi connectivity index (χ2v) is 8.55. The lowest BCUT2D eigenvalue weighted by Gasteiger charge is -2.31. The Hall–Kier alpha value is -2.55. The number of amides is 1. The second-order valence-electron chi connectivity index (χ2n) is 7.12. The van der Waals surface area contributed by atoms with Crippen LogP contribution in [0.1, 0.15) is 23.5 Å². The Morgan fingerprint density at radius 2 is 1.88 bits per heavy atom. The molecule has 0 radical (unpaired) electrons. The number of nitrogens with zero attached hydrogens (tertiary/aromatic N) is 1. The number of hydrogen-bond donors (Lipinski definition) is 1. The van der Waals surface area contributed by atoms with E-state index in [2.05, 4.69) is 10.2 Å². The number of ether oxygens (including phenoxy) is 3. The summed E-state index contributed by atoms with van der Waals surface area (Å²) in [6, 6.07) is 7.94. The van der Waals surface area contributed by atoms with Crippen molar-refractivity contribution >= 4 is 50.3 Å². The number of rotatable bonds is 7. The van der Waals surface area contributed by atoms with Crippen LogP contribution in [0.4, 0.5) is 15.8 Å². The summed E-state index contributed by atoms with van der Waals surface area (Å²) in [5.74, 6) is 0.423. The Kier molecular flexibility index (Phi) is 7.03. The van der Waals surface area contributed by atoms with Crippen molar-refractivity contribution in [1.29, 1.82) is 0 Å². The predicted molar refractivity (Wildman–Crippen MR) is 127 cm³/mol. The van der Waals surface area contributed by atoms with Crippen LogP contribution in [-0.4, -0.2) is 45.4 Å². The maximum atomic E-state index is 13.6. The number of thiophene rings is 1. The highest BCUT2D eigenvalue weighted by atomic mass is 35.5.